The Bertz CT molecular complexity index is 471. The number of rotatable bonds is 3. The van der Waals surface area contributed by atoms with Crippen molar-refractivity contribution in [3.8, 4) is 11.5 Å². The Hall–Kier alpha value is -1.30. The molecule has 0 aromatic heterocycles. The van der Waals surface area contributed by atoms with Crippen molar-refractivity contribution in [3.63, 3.8) is 0 Å². The predicted molar refractivity (Wildman–Crippen MR) is 62.7 cm³/mol. The van der Waals surface area contributed by atoms with Crippen molar-refractivity contribution in [2.45, 2.75) is 25.7 Å². The van der Waals surface area contributed by atoms with E-state index in [9.17, 15) is 19.4 Å². The monoisotopic (exact) mass is 306 g/mol. The van der Waals surface area contributed by atoms with Crippen LogP contribution in [0.3, 0.4) is 0 Å². The number of hydrogen-bond donors (Lipinski definition) is 3. The number of phenols is 2. The number of aromatic hydroxyl groups is 2. The van der Waals surface area contributed by atoms with E-state index in [4.69, 9.17) is 5.11 Å². The van der Waals surface area contributed by atoms with Gasteiger partial charge >= 0.3 is 5.97 Å². The molecule has 1 aromatic rings. The maximum absolute atomic E-state index is 13.8. The zero-order valence-corrected chi connectivity index (χ0v) is 10.9. The van der Waals surface area contributed by atoms with E-state index in [0.717, 1.165) is 6.07 Å². The molecule has 94 valence electrons. The molecular weight excluding hydrogens is 295 g/mol. The van der Waals surface area contributed by atoms with E-state index in [0.29, 0.717) is 0 Å². The van der Waals surface area contributed by atoms with Crippen molar-refractivity contribution >= 4 is 21.9 Å². The summed E-state index contributed by atoms with van der Waals surface area (Å²) in [6.07, 6.45) is -0.299. The molecule has 0 aliphatic carbocycles. The Morgan fingerprint density at radius 3 is 2.47 bits per heavy atom. The molecule has 0 radical (unpaired) electrons. The molecule has 0 saturated heterocycles. The van der Waals surface area contributed by atoms with Crippen molar-refractivity contribution < 1.29 is 24.5 Å². The predicted octanol–water partition coefficient (Wildman–Crippen LogP) is 2.75. The van der Waals surface area contributed by atoms with Gasteiger partial charge < -0.3 is 15.3 Å². The summed E-state index contributed by atoms with van der Waals surface area (Å²) in [7, 11) is 0. The van der Waals surface area contributed by atoms with Crippen LogP contribution in [0.15, 0.2) is 10.5 Å². The Kier molecular flexibility index (Phi) is 3.66. The molecule has 0 spiro atoms. The minimum atomic E-state index is -1.08. The Morgan fingerprint density at radius 2 is 2.00 bits per heavy atom. The number of halogens is 2. The van der Waals surface area contributed by atoms with Crippen molar-refractivity contribution in [1.82, 2.24) is 0 Å². The van der Waals surface area contributed by atoms with Crippen molar-refractivity contribution in [2.75, 3.05) is 0 Å². The zero-order chi connectivity index (χ0) is 13.4. The fourth-order valence-corrected chi connectivity index (χ4v) is 2.61. The molecule has 17 heavy (non-hydrogen) atoms. The number of hydrogen-bond acceptors (Lipinski definition) is 3. The first-order valence-electron chi connectivity index (χ1n) is 4.79. The van der Waals surface area contributed by atoms with Crippen LogP contribution in [0.4, 0.5) is 4.39 Å². The van der Waals surface area contributed by atoms with E-state index in [1.807, 2.05) is 0 Å². The molecule has 0 bridgehead atoms. The van der Waals surface area contributed by atoms with Crippen LogP contribution in [0.2, 0.25) is 0 Å². The minimum Gasteiger partial charge on any atom is -0.504 e. The first-order valence-corrected chi connectivity index (χ1v) is 5.58. The number of aliphatic carboxylic acids is 1. The van der Waals surface area contributed by atoms with Crippen molar-refractivity contribution in [1.29, 1.82) is 0 Å². The summed E-state index contributed by atoms with van der Waals surface area (Å²) >= 11 is 3.05. The Morgan fingerprint density at radius 1 is 1.47 bits per heavy atom. The van der Waals surface area contributed by atoms with Gasteiger partial charge in [0.25, 0.3) is 0 Å². The van der Waals surface area contributed by atoms with E-state index in [-0.39, 0.29) is 16.5 Å². The van der Waals surface area contributed by atoms with Crippen LogP contribution in [0.5, 0.6) is 11.5 Å². The molecule has 3 N–H and O–H groups in total. The van der Waals surface area contributed by atoms with Gasteiger partial charge in [0.15, 0.2) is 17.3 Å². The van der Waals surface area contributed by atoms with Crippen molar-refractivity contribution in [3.05, 3.63) is 21.9 Å². The minimum absolute atomic E-state index is 0.0233. The lowest BCUT2D eigenvalue weighted by atomic mass is 9.81. The molecule has 0 aliphatic rings. The third kappa shape index (κ3) is 2.69. The SMILES string of the molecule is CC(C)(CC(=O)O)c1c(Br)cc(O)c(O)c1F. The summed E-state index contributed by atoms with van der Waals surface area (Å²) in [5.74, 6) is -3.55. The zero-order valence-electron chi connectivity index (χ0n) is 9.29. The second-order valence-corrected chi connectivity index (χ2v) is 5.22. The lowest BCUT2D eigenvalue weighted by molar-refractivity contribution is -0.138. The number of phenolic OH excluding ortho intramolecular Hbond substituents is 2. The van der Waals surface area contributed by atoms with Gasteiger partial charge in [-0.1, -0.05) is 29.8 Å². The number of carbonyl (C=O) groups is 1. The molecule has 0 saturated carbocycles. The van der Waals surface area contributed by atoms with Gasteiger partial charge in [-0.05, 0) is 6.07 Å². The summed E-state index contributed by atoms with van der Waals surface area (Å²) in [4.78, 5) is 10.7. The van der Waals surface area contributed by atoms with Crippen LogP contribution in [-0.4, -0.2) is 21.3 Å². The highest BCUT2D eigenvalue weighted by molar-refractivity contribution is 9.10. The van der Waals surface area contributed by atoms with E-state index < -0.39 is 28.7 Å². The Labute approximate surface area is 106 Å². The molecular formula is C11H12BrFO4. The maximum Gasteiger partial charge on any atom is 0.304 e. The second kappa shape index (κ2) is 4.52. The lowest BCUT2D eigenvalue weighted by Gasteiger charge is -2.25. The number of benzene rings is 1. The third-order valence-corrected chi connectivity index (χ3v) is 3.07. The van der Waals surface area contributed by atoms with E-state index in [2.05, 4.69) is 15.9 Å². The summed E-state index contributed by atoms with van der Waals surface area (Å²) in [5.41, 5.74) is -0.991. The molecule has 1 rings (SSSR count). The quantitative estimate of drug-likeness (QED) is 0.750. The smallest absolute Gasteiger partial charge is 0.304 e. The van der Waals surface area contributed by atoms with Gasteiger partial charge in [0, 0.05) is 15.5 Å². The average molecular weight is 307 g/mol. The molecule has 4 nitrogen and oxygen atoms in total. The molecule has 6 heteroatoms. The van der Waals surface area contributed by atoms with Gasteiger partial charge in [-0.25, -0.2) is 4.39 Å². The van der Waals surface area contributed by atoms with Crippen LogP contribution in [-0.2, 0) is 10.2 Å². The lowest BCUT2D eigenvalue weighted by Crippen LogP contribution is -2.23. The van der Waals surface area contributed by atoms with Crippen LogP contribution in [0.25, 0.3) is 0 Å². The van der Waals surface area contributed by atoms with E-state index in [1.165, 1.54) is 0 Å². The molecule has 0 unspecified atom stereocenters. The molecule has 1 aromatic carbocycles. The molecule has 0 aliphatic heterocycles. The first kappa shape index (κ1) is 13.8. The fourth-order valence-electron chi connectivity index (χ4n) is 1.68. The van der Waals surface area contributed by atoms with Crippen LogP contribution in [0.1, 0.15) is 25.8 Å². The van der Waals surface area contributed by atoms with Gasteiger partial charge in [-0.2, -0.15) is 0 Å². The summed E-state index contributed by atoms with van der Waals surface area (Å²) in [6, 6.07) is 1.14. The topological polar surface area (TPSA) is 77.8 Å². The van der Waals surface area contributed by atoms with Gasteiger partial charge in [-0.15, -0.1) is 0 Å². The normalized spacial score (nSPS) is 11.5. The standard InChI is InChI=1S/C11H12BrFO4/c1-11(2,4-7(15)16)8-5(12)3-6(14)10(17)9(8)13/h3,14,17H,4H2,1-2H3,(H,15,16). The van der Waals surface area contributed by atoms with E-state index >= 15 is 0 Å². The first-order chi connectivity index (χ1) is 7.66. The van der Waals surface area contributed by atoms with E-state index in [1.54, 1.807) is 13.8 Å². The van der Waals surface area contributed by atoms with Crippen LogP contribution < -0.4 is 0 Å². The summed E-state index contributed by atoms with van der Waals surface area (Å²) in [6.45, 7) is 3.08. The van der Waals surface area contributed by atoms with Crippen LogP contribution in [0, 0.1) is 5.82 Å². The highest BCUT2D eigenvalue weighted by Crippen LogP contribution is 2.42. The highest BCUT2D eigenvalue weighted by Gasteiger charge is 2.32. The Balaban J connectivity index is 3.40. The maximum atomic E-state index is 13.8. The molecule has 0 amide bonds. The second-order valence-electron chi connectivity index (χ2n) is 4.37. The highest BCUT2D eigenvalue weighted by atomic mass is 79.9. The summed E-state index contributed by atoms with van der Waals surface area (Å²) < 4.78 is 14.1. The van der Waals surface area contributed by atoms with Crippen LogP contribution >= 0.6 is 15.9 Å². The molecule has 0 fully saturated rings. The number of carboxylic acid groups (broad SMARTS) is 1. The molecule has 0 heterocycles. The summed E-state index contributed by atoms with van der Waals surface area (Å²) in [5, 5.41) is 27.3. The van der Waals surface area contributed by atoms with Gasteiger partial charge in [-0.3, -0.25) is 4.79 Å². The van der Waals surface area contributed by atoms with Gasteiger partial charge in [0.1, 0.15) is 0 Å². The number of carboxylic acids is 1. The fraction of sp³-hybridized carbons (Fsp3) is 0.364. The molecule has 0 atom stereocenters. The largest absolute Gasteiger partial charge is 0.504 e. The van der Waals surface area contributed by atoms with Crippen molar-refractivity contribution in [2.24, 2.45) is 0 Å². The van der Waals surface area contributed by atoms with Gasteiger partial charge in [0.2, 0.25) is 0 Å². The van der Waals surface area contributed by atoms with Gasteiger partial charge in [0.05, 0.1) is 6.42 Å². The third-order valence-electron chi connectivity index (χ3n) is 2.44. The average Bonchev–Trinajstić information content (AvgIpc) is 2.11.